The van der Waals surface area contributed by atoms with Crippen LogP contribution >= 0.6 is 0 Å². The third-order valence-electron chi connectivity index (χ3n) is 6.17. The lowest BCUT2D eigenvalue weighted by Gasteiger charge is -2.43. The molecular weight excluding hydrogens is 473 g/mol. The largest absolute Gasteiger partial charge is 0.454 e. The van der Waals surface area contributed by atoms with Crippen molar-refractivity contribution >= 4 is 5.82 Å². The van der Waals surface area contributed by atoms with Gasteiger partial charge in [0.2, 0.25) is 5.82 Å². The molecule has 4 aromatic rings. The van der Waals surface area contributed by atoms with Crippen LogP contribution in [0.3, 0.4) is 0 Å². The number of aromatic nitrogens is 4. The molecule has 1 aliphatic rings. The predicted octanol–water partition coefficient (Wildman–Crippen LogP) is 4.04. The summed E-state index contributed by atoms with van der Waals surface area (Å²) >= 11 is 0. The van der Waals surface area contributed by atoms with E-state index in [4.69, 9.17) is 10.00 Å². The highest BCUT2D eigenvalue weighted by Gasteiger charge is 2.38. The van der Waals surface area contributed by atoms with Crippen LogP contribution < -0.4 is 15.3 Å². The lowest BCUT2D eigenvalue weighted by Crippen LogP contribution is -2.54. The molecule has 0 radical (unpaired) electrons. The monoisotopic (exact) mass is 492 g/mol. The van der Waals surface area contributed by atoms with Crippen LogP contribution in [0.4, 0.5) is 19.0 Å². The summed E-state index contributed by atoms with van der Waals surface area (Å²) in [4.78, 5) is 18.5. The first-order chi connectivity index (χ1) is 17.4. The molecule has 2 atom stereocenters. The highest BCUT2D eigenvalue weighted by atomic mass is 19.1. The van der Waals surface area contributed by atoms with Crippen molar-refractivity contribution in [1.29, 1.82) is 5.26 Å². The second-order valence-corrected chi connectivity index (χ2v) is 8.32. The van der Waals surface area contributed by atoms with E-state index in [0.29, 0.717) is 18.0 Å². The maximum atomic E-state index is 15.0. The van der Waals surface area contributed by atoms with Gasteiger partial charge in [0, 0.05) is 30.4 Å². The first-order valence-electron chi connectivity index (χ1n) is 11.0. The van der Waals surface area contributed by atoms with Crippen LogP contribution in [0.5, 0.6) is 11.5 Å². The van der Waals surface area contributed by atoms with Crippen LogP contribution in [-0.4, -0.2) is 31.9 Å². The molecule has 182 valence electrons. The number of benzene rings is 2. The average molecular weight is 492 g/mol. The summed E-state index contributed by atoms with van der Waals surface area (Å²) in [5.41, 5.74) is -0.444. The molecule has 2 aromatic carbocycles. The van der Waals surface area contributed by atoms with Gasteiger partial charge in [0.05, 0.1) is 24.2 Å². The van der Waals surface area contributed by atoms with E-state index in [2.05, 4.69) is 16.2 Å². The topological polar surface area (TPSA) is 89.0 Å². The Morgan fingerprint density at radius 1 is 1.11 bits per heavy atom. The normalized spacial score (nSPS) is 16.9. The van der Waals surface area contributed by atoms with E-state index < -0.39 is 23.1 Å². The van der Waals surface area contributed by atoms with Crippen molar-refractivity contribution in [3.63, 3.8) is 0 Å². The maximum absolute atomic E-state index is 15.0. The van der Waals surface area contributed by atoms with E-state index in [0.717, 1.165) is 21.4 Å². The summed E-state index contributed by atoms with van der Waals surface area (Å²) in [7, 11) is 0. The molecule has 0 spiro atoms. The highest BCUT2D eigenvalue weighted by Crippen LogP contribution is 2.35. The minimum atomic E-state index is -0.754. The van der Waals surface area contributed by atoms with Gasteiger partial charge in [-0.3, -0.25) is 4.57 Å². The minimum Gasteiger partial charge on any atom is -0.454 e. The molecule has 0 bridgehead atoms. The molecule has 0 amide bonds. The molecule has 2 unspecified atom stereocenters. The Morgan fingerprint density at radius 3 is 2.50 bits per heavy atom. The maximum Gasteiger partial charge on any atom is 0.350 e. The predicted molar refractivity (Wildman–Crippen MR) is 123 cm³/mol. The third kappa shape index (κ3) is 4.07. The zero-order valence-electron chi connectivity index (χ0n) is 19.0. The molecule has 1 aliphatic heterocycles. The molecule has 0 saturated carbocycles. The van der Waals surface area contributed by atoms with Gasteiger partial charge >= 0.3 is 5.69 Å². The lowest BCUT2D eigenvalue weighted by atomic mass is 9.91. The number of pyridine rings is 1. The molecule has 1 saturated heterocycles. The Labute approximate surface area is 203 Å². The van der Waals surface area contributed by atoms with E-state index in [1.54, 1.807) is 17.0 Å². The summed E-state index contributed by atoms with van der Waals surface area (Å²) in [6.07, 6.45) is 2.62. The molecule has 0 N–H and O–H groups in total. The van der Waals surface area contributed by atoms with Gasteiger partial charge in [-0.1, -0.05) is 6.07 Å². The first kappa shape index (κ1) is 23.2. The van der Waals surface area contributed by atoms with Gasteiger partial charge in [-0.25, -0.2) is 18.6 Å². The van der Waals surface area contributed by atoms with Crippen molar-refractivity contribution in [2.45, 2.75) is 19.5 Å². The van der Waals surface area contributed by atoms with Gasteiger partial charge < -0.3 is 9.64 Å². The Balaban J connectivity index is 1.33. The summed E-state index contributed by atoms with van der Waals surface area (Å²) < 4.78 is 50.8. The first-order valence-corrected chi connectivity index (χ1v) is 11.0. The smallest absolute Gasteiger partial charge is 0.350 e. The van der Waals surface area contributed by atoms with Crippen LogP contribution in [0.2, 0.25) is 0 Å². The molecule has 2 aromatic heterocycles. The van der Waals surface area contributed by atoms with E-state index in [1.807, 2.05) is 6.92 Å². The Kier molecular flexibility index (Phi) is 5.93. The zero-order valence-corrected chi connectivity index (χ0v) is 19.0. The van der Waals surface area contributed by atoms with Crippen LogP contribution in [0, 0.1) is 34.7 Å². The standard InChI is InChI=1S/C25H19F3N6O2/c1-15-16(11-29)12-33(15)24-23(28)22(9-10-30-24)36-18-7-5-17(6-8-18)34-25(35)32(14-31-34)13-19-20(26)3-2-4-21(19)27/h2-10,14-16H,12-13H2,1H3. The molecule has 5 rings (SSSR count). The lowest BCUT2D eigenvalue weighted by molar-refractivity contribution is 0.370. The Bertz CT molecular complexity index is 1510. The van der Waals surface area contributed by atoms with Crippen LogP contribution in [0.25, 0.3) is 5.69 Å². The molecule has 11 heteroatoms. The molecular formula is C25H19F3N6O2. The number of nitrogens with zero attached hydrogens (tertiary/aromatic N) is 6. The van der Waals surface area contributed by atoms with Crippen LogP contribution in [0.1, 0.15) is 12.5 Å². The second kappa shape index (κ2) is 9.22. The summed E-state index contributed by atoms with van der Waals surface area (Å²) in [6, 6.07) is 13.1. The van der Waals surface area contributed by atoms with Crippen LogP contribution in [0.15, 0.2) is 65.8 Å². The van der Waals surface area contributed by atoms with Gasteiger partial charge in [-0.15, -0.1) is 0 Å². The van der Waals surface area contributed by atoms with Gasteiger partial charge in [0.25, 0.3) is 0 Å². The number of ether oxygens (including phenoxy) is 1. The highest BCUT2D eigenvalue weighted by molar-refractivity contribution is 5.51. The fourth-order valence-electron chi connectivity index (χ4n) is 3.99. The Hall–Kier alpha value is -4.59. The zero-order chi connectivity index (χ0) is 25.4. The molecule has 3 heterocycles. The SMILES string of the molecule is CC1C(C#N)CN1c1nccc(Oc2ccc(-n3ncn(Cc4c(F)cccc4F)c3=O)cc2)c1F. The van der Waals surface area contributed by atoms with Crippen molar-refractivity contribution in [1.82, 2.24) is 19.3 Å². The van der Waals surface area contributed by atoms with Gasteiger partial charge in [-0.05, 0) is 43.3 Å². The fourth-order valence-corrected chi connectivity index (χ4v) is 3.99. The van der Waals surface area contributed by atoms with Crippen molar-refractivity contribution < 1.29 is 17.9 Å². The van der Waals surface area contributed by atoms with Crippen molar-refractivity contribution in [2.75, 3.05) is 11.4 Å². The molecule has 8 nitrogen and oxygen atoms in total. The molecule has 1 fully saturated rings. The minimum absolute atomic E-state index is 0.0336. The van der Waals surface area contributed by atoms with Crippen molar-refractivity contribution in [2.24, 2.45) is 5.92 Å². The van der Waals surface area contributed by atoms with Gasteiger partial charge in [-0.2, -0.15) is 19.4 Å². The van der Waals surface area contributed by atoms with E-state index in [1.165, 1.54) is 36.8 Å². The molecule has 0 aliphatic carbocycles. The van der Waals surface area contributed by atoms with Crippen molar-refractivity contribution in [3.8, 4) is 23.3 Å². The van der Waals surface area contributed by atoms with E-state index in [9.17, 15) is 13.6 Å². The fraction of sp³-hybridized carbons (Fsp3) is 0.200. The van der Waals surface area contributed by atoms with Gasteiger partial charge in [0.1, 0.15) is 23.7 Å². The summed E-state index contributed by atoms with van der Waals surface area (Å²) in [5.74, 6) is -1.93. The summed E-state index contributed by atoms with van der Waals surface area (Å²) in [6.45, 7) is 1.92. The average Bonchev–Trinajstić information content (AvgIpc) is 3.23. The van der Waals surface area contributed by atoms with Crippen molar-refractivity contribution in [3.05, 3.63) is 94.6 Å². The number of hydrogen-bond donors (Lipinski definition) is 0. The number of halogens is 3. The van der Waals surface area contributed by atoms with Gasteiger partial charge in [0.15, 0.2) is 11.6 Å². The van der Waals surface area contributed by atoms with E-state index >= 15 is 4.39 Å². The number of rotatable bonds is 6. The van der Waals surface area contributed by atoms with E-state index in [-0.39, 0.29) is 35.6 Å². The number of hydrogen-bond acceptors (Lipinski definition) is 6. The number of anilines is 1. The third-order valence-corrected chi connectivity index (χ3v) is 6.17. The Morgan fingerprint density at radius 2 is 1.83 bits per heavy atom. The molecule has 36 heavy (non-hydrogen) atoms. The second-order valence-electron chi connectivity index (χ2n) is 8.32. The summed E-state index contributed by atoms with van der Waals surface area (Å²) in [5, 5.41) is 13.1. The number of nitriles is 1. The quantitative estimate of drug-likeness (QED) is 0.404. The van der Waals surface area contributed by atoms with Crippen LogP contribution in [-0.2, 0) is 6.54 Å².